The van der Waals surface area contributed by atoms with E-state index in [4.69, 9.17) is 5.73 Å². The third-order valence-corrected chi connectivity index (χ3v) is 5.40. The lowest BCUT2D eigenvalue weighted by Gasteiger charge is -2.16. The number of aromatic nitrogens is 1. The van der Waals surface area contributed by atoms with Gasteiger partial charge in [0, 0.05) is 5.56 Å². The largest absolute Gasteiger partial charge is 0.384 e. The number of amidine groups is 1. The molecule has 0 fully saturated rings. The second-order valence-corrected chi connectivity index (χ2v) is 8.34. The summed E-state index contributed by atoms with van der Waals surface area (Å²) in [6.45, 7) is 3.94. The van der Waals surface area contributed by atoms with Gasteiger partial charge in [0.25, 0.3) is 10.0 Å². The number of fused-ring (bicyclic) bond motifs is 1. The van der Waals surface area contributed by atoms with E-state index in [1.165, 1.54) is 12.3 Å². The Labute approximate surface area is 158 Å². The van der Waals surface area contributed by atoms with E-state index >= 15 is 0 Å². The Morgan fingerprint density at radius 1 is 1.26 bits per heavy atom. The molecule has 0 aliphatic carbocycles. The topological polar surface area (TPSA) is 127 Å². The first-order chi connectivity index (χ1) is 12.8. The number of rotatable bonds is 5. The molecule has 1 amide bonds. The molecule has 2 heterocycles. The highest BCUT2D eigenvalue weighted by atomic mass is 32.2. The molecule has 1 atom stereocenters. The number of nitrogens with two attached hydrogens (primary N) is 1. The molecule has 9 heteroatoms. The number of carbonyl (C=O) groups excluding carboxylic acids is 1. The molecule has 27 heavy (non-hydrogen) atoms. The van der Waals surface area contributed by atoms with Crippen molar-refractivity contribution in [2.24, 2.45) is 10.9 Å². The van der Waals surface area contributed by atoms with Crippen LogP contribution in [0.15, 0.2) is 52.5 Å². The molecule has 0 saturated carbocycles. The standard InChI is InChI=1S/C18H21N5O3S/c1-11(2)9-14(18(24)21-12-7-8-16(19)20-10-12)22-17-13-5-3-4-6-15(13)27(25,26)23-17/h3-8,10-11,14H,9H2,1-2H3,(H2,19,20)(H,21,24)(H,22,23). The van der Waals surface area contributed by atoms with Gasteiger partial charge in [-0.3, -0.25) is 14.5 Å². The van der Waals surface area contributed by atoms with Gasteiger partial charge in [-0.25, -0.2) is 13.4 Å². The number of sulfonamides is 1. The lowest BCUT2D eigenvalue weighted by atomic mass is 10.0. The van der Waals surface area contributed by atoms with Gasteiger partial charge in [0.15, 0.2) is 0 Å². The highest BCUT2D eigenvalue weighted by Gasteiger charge is 2.32. The number of anilines is 2. The average Bonchev–Trinajstić information content (AvgIpc) is 2.87. The average molecular weight is 387 g/mol. The maximum atomic E-state index is 12.7. The molecule has 4 N–H and O–H groups in total. The first-order valence-corrected chi connectivity index (χ1v) is 9.97. The summed E-state index contributed by atoms with van der Waals surface area (Å²) in [7, 11) is -3.65. The van der Waals surface area contributed by atoms with Gasteiger partial charge in [-0.2, -0.15) is 0 Å². The van der Waals surface area contributed by atoms with Crippen molar-refractivity contribution >= 4 is 33.3 Å². The summed E-state index contributed by atoms with van der Waals surface area (Å²) in [6.07, 6.45) is 1.92. The minimum Gasteiger partial charge on any atom is -0.384 e. The molecular weight excluding hydrogens is 366 g/mol. The van der Waals surface area contributed by atoms with Gasteiger partial charge in [-0.1, -0.05) is 26.0 Å². The predicted octanol–water partition coefficient (Wildman–Crippen LogP) is 1.76. The number of nitrogen functional groups attached to an aromatic ring is 1. The van der Waals surface area contributed by atoms with Crippen molar-refractivity contribution < 1.29 is 13.2 Å². The molecule has 0 radical (unpaired) electrons. The summed E-state index contributed by atoms with van der Waals surface area (Å²) in [5.74, 6) is 0.375. The van der Waals surface area contributed by atoms with E-state index in [1.807, 2.05) is 13.8 Å². The van der Waals surface area contributed by atoms with Crippen LogP contribution >= 0.6 is 0 Å². The minimum absolute atomic E-state index is 0.162. The maximum absolute atomic E-state index is 12.7. The van der Waals surface area contributed by atoms with Crippen molar-refractivity contribution in [1.82, 2.24) is 9.71 Å². The van der Waals surface area contributed by atoms with Gasteiger partial charge in [0.2, 0.25) is 5.91 Å². The van der Waals surface area contributed by atoms with Crippen LogP contribution in [0.1, 0.15) is 25.8 Å². The van der Waals surface area contributed by atoms with Crippen LogP contribution in [-0.4, -0.2) is 31.2 Å². The van der Waals surface area contributed by atoms with Crippen molar-refractivity contribution in [3.05, 3.63) is 48.2 Å². The molecule has 3 rings (SSSR count). The van der Waals surface area contributed by atoms with Gasteiger partial charge in [-0.05, 0) is 36.6 Å². The number of aliphatic imine (C=N–C) groups is 1. The normalized spacial score (nSPS) is 17.4. The second kappa shape index (κ2) is 7.36. The molecule has 1 aromatic carbocycles. The summed E-state index contributed by atoms with van der Waals surface area (Å²) >= 11 is 0. The molecule has 0 bridgehead atoms. The third-order valence-electron chi connectivity index (χ3n) is 4.00. The highest BCUT2D eigenvalue weighted by molar-refractivity contribution is 7.90. The van der Waals surface area contributed by atoms with Crippen LogP contribution in [0.4, 0.5) is 11.5 Å². The van der Waals surface area contributed by atoms with E-state index in [0.717, 1.165) is 0 Å². The Kier molecular flexibility index (Phi) is 5.13. The molecule has 0 spiro atoms. The second-order valence-electron chi connectivity index (χ2n) is 6.69. The van der Waals surface area contributed by atoms with Crippen LogP contribution in [0.2, 0.25) is 0 Å². The smallest absolute Gasteiger partial charge is 0.263 e. The molecule has 1 aliphatic rings. The molecule has 142 valence electrons. The number of benzene rings is 1. The first kappa shape index (κ1) is 18.8. The number of nitrogens with zero attached hydrogens (tertiary/aromatic N) is 2. The van der Waals surface area contributed by atoms with Crippen molar-refractivity contribution in [2.45, 2.75) is 31.2 Å². The lowest BCUT2D eigenvalue weighted by Crippen LogP contribution is -2.31. The molecule has 8 nitrogen and oxygen atoms in total. The maximum Gasteiger partial charge on any atom is 0.263 e. The van der Waals surface area contributed by atoms with Crippen LogP contribution in [-0.2, 0) is 14.8 Å². The van der Waals surface area contributed by atoms with E-state index in [-0.39, 0.29) is 22.6 Å². The summed E-state index contributed by atoms with van der Waals surface area (Å²) in [5.41, 5.74) is 6.51. The first-order valence-electron chi connectivity index (χ1n) is 8.48. The Bertz CT molecular complexity index is 984. The van der Waals surface area contributed by atoms with E-state index in [2.05, 4.69) is 20.0 Å². The van der Waals surface area contributed by atoms with Gasteiger partial charge >= 0.3 is 0 Å². The molecule has 1 aliphatic heterocycles. The summed E-state index contributed by atoms with van der Waals surface area (Å²) in [5, 5.41) is 2.75. The fourth-order valence-electron chi connectivity index (χ4n) is 2.76. The van der Waals surface area contributed by atoms with E-state index in [0.29, 0.717) is 23.5 Å². The zero-order valence-corrected chi connectivity index (χ0v) is 15.8. The van der Waals surface area contributed by atoms with Gasteiger partial charge in [-0.15, -0.1) is 0 Å². The molecule has 2 aromatic rings. The van der Waals surface area contributed by atoms with E-state index in [1.54, 1.807) is 30.3 Å². The number of hydrogen-bond acceptors (Lipinski definition) is 6. The Balaban J connectivity index is 1.90. The number of pyridine rings is 1. The van der Waals surface area contributed by atoms with Gasteiger partial charge < -0.3 is 11.1 Å². The van der Waals surface area contributed by atoms with Gasteiger partial charge in [0.1, 0.15) is 17.7 Å². The zero-order chi connectivity index (χ0) is 19.6. The highest BCUT2D eigenvalue weighted by Crippen LogP contribution is 2.23. The number of carbonyl (C=O) groups is 1. The van der Waals surface area contributed by atoms with E-state index < -0.39 is 16.1 Å². The number of amides is 1. The SMILES string of the molecule is CC(C)CC(N=C1NS(=O)(=O)c2ccccc21)C(=O)Nc1ccc(N)nc1. The number of hydrogen-bond donors (Lipinski definition) is 3. The van der Waals surface area contributed by atoms with Crippen molar-refractivity contribution in [3.8, 4) is 0 Å². The molecule has 1 unspecified atom stereocenters. The minimum atomic E-state index is -3.65. The fraction of sp³-hybridized carbons (Fsp3) is 0.278. The zero-order valence-electron chi connectivity index (χ0n) is 15.0. The van der Waals surface area contributed by atoms with Crippen molar-refractivity contribution in [2.75, 3.05) is 11.1 Å². The van der Waals surface area contributed by atoms with Crippen LogP contribution in [0.3, 0.4) is 0 Å². The predicted molar refractivity (Wildman–Crippen MR) is 104 cm³/mol. The van der Waals surface area contributed by atoms with Crippen LogP contribution in [0, 0.1) is 5.92 Å². The summed E-state index contributed by atoms with van der Waals surface area (Å²) in [6, 6.07) is 9.03. The Morgan fingerprint density at radius 3 is 2.67 bits per heavy atom. The summed E-state index contributed by atoms with van der Waals surface area (Å²) in [4.78, 5) is 21.3. The molecule has 0 saturated heterocycles. The van der Waals surface area contributed by atoms with E-state index in [9.17, 15) is 13.2 Å². The van der Waals surface area contributed by atoms with Crippen molar-refractivity contribution in [1.29, 1.82) is 0 Å². The number of nitrogens with one attached hydrogen (secondary N) is 2. The Morgan fingerprint density at radius 2 is 2.00 bits per heavy atom. The fourth-order valence-corrected chi connectivity index (χ4v) is 3.99. The van der Waals surface area contributed by atoms with Crippen LogP contribution in [0.5, 0.6) is 0 Å². The quantitative estimate of drug-likeness (QED) is 0.720. The molecular formula is C18H21N5O3S. The van der Waals surface area contributed by atoms with Crippen LogP contribution in [0.25, 0.3) is 0 Å². The monoisotopic (exact) mass is 387 g/mol. The van der Waals surface area contributed by atoms with Crippen LogP contribution < -0.4 is 15.8 Å². The van der Waals surface area contributed by atoms with Crippen molar-refractivity contribution in [3.63, 3.8) is 0 Å². The lowest BCUT2D eigenvalue weighted by molar-refractivity contribution is -0.117. The summed E-state index contributed by atoms with van der Waals surface area (Å²) < 4.78 is 26.9. The van der Waals surface area contributed by atoms with Gasteiger partial charge in [0.05, 0.1) is 16.8 Å². The molecule has 1 aromatic heterocycles. The Hall–Kier alpha value is -2.94. The third kappa shape index (κ3) is 4.25.